The molecular weight excluding hydrogens is 230 g/mol. The minimum atomic E-state index is 0.397. The van der Waals surface area contributed by atoms with E-state index in [0.29, 0.717) is 12.1 Å². The fraction of sp³-hybridized carbons (Fsp3) is 0.600. The Kier molecular flexibility index (Phi) is 6.61. The molecule has 0 radical (unpaired) electrons. The first-order valence-corrected chi connectivity index (χ1v) is 7.06. The first-order chi connectivity index (χ1) is 8.17. The fourth-order valence-electron chi connectivity index (χ4n) is 2.06. The number of hydrogen-bond acceptors (Lipinski definition) is 1. The van der Waals surface area contributed by atoms with Crippen molar-refractivity contribution in [3.05, 3.63) is 34.9 Å². The van der Waals surface area contributed by atoms with Gasteiger partial charge in [-0.3, -0.25) is 0 Å². The number of nitrogens with one attached hydrogen (secondary N) is 1. The van der Waals surface area contributed by atoms with E-state index in [1.54, 1.807) is 0 Å². The maximum atomic E-state index is 5.90. The van der Waals surface area contributed by atoms with Crippen LogP contribution in [-0.4, -0.2) is 6.04 Å². The molecule has 1 aromatic rings. The second-order valence-corrected chi connectivity index (χ2v) is 5.12. The molecule has 17 heavy (non-hydrogen) atoms. The van der Waals surface area contributed by atoms with Gasteiger partial charge in [0.1, 0.15) is 0 Å². The highest BCUT2D eigenvalue weighted by Gasteiger charge is 2.11. The molecule has 1 aromatic carbocycles. The lowest BCUT2D eigenvalue weighted by atomic mass is 10.0. The zero-order valence-corrected chi connectivity index (χ0v) is 11.9. The SMILES string of the molecule is CCCCC(CC)NC(C)c1ccc(Cl)cc1. The van der Waals surface area contributed by atoms with Gasteiger partial charge >= 0.3 is 0 Å². The molecule has 1 nitrogen and oxygen atoms in total. The Morgan fingerprint density at radius 1 is 1.18 bits per heavy atom. The standard InChI is InChI=1S/C15H24ClN/c1-4-6-7-15(5-2)17-12(3)13-8-10-14(16)11-9-13/h8-12,15,17H,4-7H2,1-3H3. The van der Waals surface area contributed by atoms with Gasteiger partial charge in [0, 0.05) is 17.1 Å². The van der Waals surface area contributed by atoms with Gasteiger partial charge in [0.25, 0.3) is 0 Å². The van der Waals surface area contributed by atoms with Crippen molar-refractivity contribution in [2.45, 2.75) is 58.5 Å². The minimum absolute atomic E-state index is 0.397. The van der Waals surface area contributed by atoms with E-state index in [9.17, 15) is 0 Å². The molecule has 1 rings (SSSR count). The van der Waals surface area contributed by atoms with Crippen LogP contribution >= 0.6 is 11.6 Å². The largest absolute Gasteiger partial charge is 0.307 e. The van der Waals surface area contributed by atoms with Crippen LogP contribution in [0.1, 0.15) is 58.1 Å². The maximum Gasteiger partial charge on any atom is 0.0406 e. The summed E-state index contributed by atoms with van der Waals surface area (Å²) in [5.74, 6) is 0. The van der Waals surface area contributed by atoms with Crippen molar-refractivity contribution >= 4 is 11.6 Å². The average Bonchev–Trinajstić information content (AvgIpc) is 2.35. The first kappa shape index (κ1) is 14.5. The lowest BCUT2D eigenvalue weighted by Crippen LogP contribution is -2.30. The summed E-state index contributed by atoms with van der Waals surface area (Å²) in [6.07, 6.45) is 5.04. The molecule has 0 fully saturated rings. The Labute approximate surface area is 111 Å². The number of halogens is 1. The third-order valence-corrected chi connectivity index (χ3v) is 3.51. The molecule has 0 saturated heterocycles. The van der Waals surface area contributed by atoms with Crippen LogP contribution in [0.3, 0.4) is 0 Å². The summed E-state index contributed by atoms with van der Waals surface area (Å²) >= 11 is 5.90. The van der Waals surface area contributed by atoms with Crippen LogP contribution in [0.15, 0.2) is 24.3 Å². The van der Waals surface area contributed by atoms with Crippen molar-refractivity contribution in [3.63, 3.8) is 0 Å². The Bertz CT molecular complexity index is 307. The quantitative estimate of drug-likeness (QED) is 0.724. The van der Waals surface area contributed by atoms with Gasteiger partial charge in [0.05, 0.1) is 0 Å². The molecule has 2 atom stereocenters. The third kappa shape index (κ3) is 5.10. The molecule has 0 saturated carbocycles. The molecule has 0 heterocycles. The third-order valence-electron chi connectivity index (χ3n) is 3.25. The summed E-state index contributed by atoms with van der Waals surface area (Å²) in [5, 5.41) is 4.50. The normalized spacial score (nSPS) is 14.6. The summed E-state index contributed by atoms with van der Waals surface area (Å²) < 4.78 is 0. The van der Waals surface area contributed by atoms with Gasteiger partial charge in [-0.2, -0.15) is 0 Å². The van der Waals surface area contributed by atoms with Crippen LogP contribution in [0.4, 0.5) is 0 Å². The van der Waals surface area contributed by atoms with E-state index in [0.717, 1.165) is 5.02 Å². The van der Waals surface area contributed by atoms with Crippen LogP contribution in [0.25, 0.3) is 0 Å². The zero-order valence-electron chi connectivity index (χ0n) is 11.2. The molecule has 0 aliphatic carbocycles. The maximum absolute atomic E-state index is 5.90. The molecule has 96 valence electrons. The van der Waals surface area contributed by atoms with Gasteiger partial charge in [0.15, 0.2) is 0 Å². The van der Waals surface area contributed by atoms with E-state index < -0.39 is 0 Å². The Balaban J connectivity index is 2.51. The Hall–Kier alpha value is -0.530. The molecule has 0 aromatic heterocycles. The predicted molar refractivity (Wildman–Crippen MR) is 76.6 cm³/mol. The second kappa shape index (κ2) is 7.73. The fourth-order valence-corrected chi connectivity index (χ4v) is 2.18. The molecule has 2 heteroatoms. The lowest BCUT2D eigenvalue weighted by Gasteiger charge is -2.22. The highest BCUT2D eigenvalue weighted by molar-refractivity contribution is 6.30. The van der Waals surface area contributed by atoms with Crippen LogP contribution in [0, 0.1) is 0 Å². The van der Waals surface area contributed by atoms with Crippen molar-refractivity contribution in [1.82, 2.24) is 5.32 Å². The van der Waals surface area contributed by atoms with Crippen LogP contribution in [0.5, 0.6) is 0 Å². The topological polar surface area (TPSA) is 12.0 Å². The molecule has 0 aliphatic rings. The molecular formula is C15H24ClN. The summed E-state index contributed by atoms with van der Waals surface area (Å²) in [7, 11) is 0. The number of rotatable bonds is 7. The number of hydrogen-bond donors (Lipinski definition) is 1. The molecule has 1 N–H and O–H groups in total. The van der Waals surface area contributed by atoms with Crippen LogP contribution in [-0.2, 0) is 0 Å². The van der Waals surface area contributed by atoms with E-state index in [1.165, 1.54) is 31.2 Å². The van der Waals surface area contributed by atoms with E-state index >= 15 is 0 Å². The molecule has 0 aliphatic heterocycles. The van der Waals surface area contributed by atoms with Crippen LogP contribution in [0.2, 0.25) is 5.02 Å². The van der Waals surface area contributed by atoms with Crippen molar-refractivity contribution < 1.29 is 0 Å². The smallest absolute Gasteiger partial charge is 0.0406 e. The van der Waals surface area contributed by atoms with E-state index in [4.69, 9.17) is 11.6 Å². The van der Waals surface area contributed by atoms with Crippen molar-refractivity contribution in [1.29, 1.82) is 0 Å². The van der Waals surface area contributed by atoms with Gasteiger partial charge in [-0.05, 0) is 37.5 Å². The minimum Gasteiger partial charge on any atom is -0.307 e. The first-order valence-electron chi connectivity index (χ1n) is 6.68. The summed E-state index contributed by atoms with van der Waals surface area (Å²) in [4.78, 5) is 0. The van der Waals surface area contributed by atoms with E-state index in [2.05, 4.69) is 38.2 Å². The molecule has 0 amide bonds. The highest BCUT2D eigenvalue weighted by Crippen LogP contribution is 2.18. The molecule has 0 spiro atoms. The number of unbranched alkanes of at least 4 members (excludes halogenated alkanes) is 1. The van der Waals surface area contributed by atoms with Crippen molar-refractivity contribution in [3.8, 4) is 0 Å². The number of benzene rings is 1. The Morgan fingerprint density at radius 3 is 2.35 bits per heavy atom. The molecule has 2 unspecified atom stereocenters. The van der Waals surface area contributed by atoms with Crippen molar-refractivity contribution in [2.24, 2.45) is 0 Å². The van der Waals surface area contributed by atoms with Gasteiger partial charge < -0.3 is 5.32 Å². The van der Waals surface area contributed by atoms with Crippen LogP contribution < -0.4 is 5.32 Å². The monoisotopic (exact) mass is 253 g/mol. The zero-order chi connectivity index (χ0) is 12.7. The van der Waals surface area contributed by atoms with E-state index in [-0.39, 0.29) is 0 Å². The van der Waals surface area contributed by atoms with Gasteiger partial charge in [0.2, 0.25) is 0 Å². The molecule has 0 bridgehead atoms. The average molecular weight is 254 g/mol. The summed E-state index contributed by atoms with van der Waals surface area (Å²) in [6.45, 7) is 6.72. The predicted octanol–water partition coefficient (Wildman–Crippen LogP) is 4.96. The van der Waals surface area contributed by atoms with E-state index in [1.807, 2.05) is 12.1 Å². The Morgan fingerprint density at radius 2 is 1.82 bits per heavy atom. The van der Waals surface area contributed by atoms with Gasteiger partial charge in [-0.25, -0.2) is 0 Å². The van der Waals surface area contributed by atoms with Crippen molar-refractivity contribution in [2.75, 3.05) is 0 Å². The van der Waals surface area contributed by atoms with Gasteiger partial charge in [-0.15, -0.1) is 0 Å². The van der Waals surface area contributed by atoms with Gasteiger partial charge in [-0.1, -0.05) is 50.4 Å². The second-order valence-electron chi connectivity index (χ2n) is 4.69. The summed E-state index contributed by atoms with van der Waals surface area (Å²) in [6, 6.07) is 9.15. The highest BCUT2D eigenvalue weighted by atomic mass is 35.5. The summed E-state index contributed by atoms with van der Waals surface area (Å²) in [5.41, 5.74) is 1.31. The lowest BCUT2D eigenvalue weighted by molar-refractivity contribution is 0.410.